The van der Waals surface area contributed by atoms with Crippen LogP contribution in [0.25, 0.3) is 0 Å². The highest BCUT2D eigenvalue weighted by Crippen LogP contribution is 2.24. The minimum atomic E-state index is -0.641. The van der Waals surface area contributed by atoms with Gasteiger partial charge in [0.05, 0.1) is 11.3 Å². The predicted molar refractivity (Wildman–Crippen MR) is 99.7 cm³/mol. The molecule has 1 aliphatic heterocycles. The van der Waals surface area contributed by atoms with Gasteiger partial charge < -0.3 is 0 Å². The zero-order valence-electron chi connectivity index (χ0n) is 14.3. The Labute approximate surface area is 156 Å². The third kappa shape index (κ3) is 4.77. The smallest absolute Gasteiger partial charge is 0.260 e. The van der Waals surface area contributed by atoms with E-state index in [-0.39, 0.29) is 10.6 Å². The minimum Gasteiger partial charge on any atom is -0.298 e. The zero-order chi connectivity index (χ0) is 18.0. The Kier molecular flexibility index (Phi) is 5.71. The molecule has 1 aliphatic rings. The third-order valence-corrected chi connectivity index (χ3v) is 5.32. The lowest BCUT2D eigenvalue weighted by atomic mass is 9.92. The van der Waals surface area contributed by atoms with Crippen LogP contribution in [0.2, 0.25) is 5.02 Å². The Balaban J connectivity index is 1.62. The molecule has 4 nitrogen and oxygen atoms in total. The number of carbonyl (C=O) groups is 1. The van der Waals surface area contributed by atoms with Crippen molar-refractivity contribution in [3.8, 4) is 0 Å². The Hall–Kier alpha value is -1.50. The highest BCUT2D eigenvalue weighted by Gasteiger charge is 2.22. The number of hydrogen-bond donors (Lipinski definition) is 1. The quantitative estimate of drug-likeness (QED) is 0.837. The second kappa shape index (κ2) is 7.81. The van der Waals surface area contributed by atoms with Crippen molar-refractivity contribution in [1.29, 1.82) is 0 Å². The summed E-state index contributed by atoms with van der Waals surface area (Å²) < 4.78 is 13.8. The molecule has 25 heavy (non-hydrogen) atoms. The molecule has 0 bridgehead atoms. The van der Waals surface area contributed by atoms with Crippen molar-refractivity contribution in [1.82, 2.24) is 9.88 Å². The fourth-order valence-electron chi connectivity index (χ4n) is 3.43. The average molecular weight is 382 g/mol. The molecule has 1 amide bonds. The molecule has 0 aliphatic carbocycles. The van der Waals surface area contributed by atoms with Gasteiger partial charge in [-0.05, 0) is 36.5 Å². The lowest BCUT2D eigenvalue weighted by molar-refractivity contribution is 0.102. The molecule has 1 saturated heterocycles. The number of amides is 1. The third-order valence-electron chi connectivity index (χ3n) is 4.28. The molecule has 1 aromatic carbocycles. The molecule has 2 aromatic rings. The van der Waals surface area contributed by atoms with Crippen LogP contribution in [-0.2, 0) is 6.54 Å². The van der Waals surface area contributed by atoms with E-state index in [4.69, 9.17) is 11.6 Å². The van der Waals surface area contributed by atoms with Crippen molar-refractivity contribution in [2.75, 3.05) is 18.4 Å². The number of hydrogen-bond acceptors (Lipinski definition) is 4. The SMILES string of the molecule is C[C@@H]1C[C@H](C)CN(Cc2csc(NC(=O)c3ccc(Cl)cc3F)n2)C1. The first kappa shape index (κ1) is 18.3. The normalized spacial score (nSPS) is 21.3. The lowest BCUT2D eigenvalue weighted by Gasteiger charge is -2.34. The van der Waals surface area contributed by atoms with Gasteiger partial charge in [0.2, 0.25) is 0 Å². The summed E-state index contributed by atoms with van der Waals surface area (Å²) in [5.74, 6) is 0.220. The Morgan fingerprint density at radius 2 is 2.12 bits per heavy atom. The molecule has 0 saturated carbocycles. The fourth-order valence-corrected chi connectivity index (χ4v) is 4.28. The minimum absolute atomic E-state index is 0.0418. The van der Waals surface area contributed by atoms with Crippen molar-refractivity contribution in [3.63, 3.8) is 0 Å². The zero-order valence-corrected chi connectivity index (χ0v) is 15.8. The van der Waals surface area contributed by atoms with E-state index < -0.39 is 11.7 Å². The van der Waals surface area contributed by atoms with Gasteiger partial charge in [-0.15, -0.1) is 11.3 Å². The molecular formula is C18H21ClFN3OS. The number of likely N-dealkylation sites (tertiary alicyclic amines) is 1. The van der Waals surface area contributed by atoms with Crippen LogP contribution < -0.4 is 5.32 Å². The van der Waals surface area contributed by atoms with Gasteiger partial charge in [0, 0.05) is 30.0 Å². The van der Waals surface area contributed by atoms with Crippen LogP contribution in [-0.4, -0.2) is 28.9 Å². The summed E-state index contributed by atoms with van der Waals surface area (Å²) >= 11 is 7.07. The van der Waals surface area contributed by atoms with Gasteiger partial charge in [0.15, 0.2) is 5.13 Å². The van der Waals surface area contributed by atoms with Crippen LogP contribution in [0.3, 0.4) is 0 Å². The summed E-state index contributed by atoms with van der Waals surface area (Å²) in [5.41, 5.74) is 0.887. The fraction of sp³-hybridized carbons (Fsp3) is 0.444. The highest BCUT2D eigenvalue weighted by molar-refractivity contribution is 7.13. The first-order valence-electron chi connectivity index (χ1n) is 8.34. The molecule has 2 atom stereocenters. The Morgan fingerprint density at radius 3 is 2.80 bits per heavy atom. The molecule has 3 rings (SSSR count). The number of nitrogens with one attached hydrogen (secondary N) is 1. The number of piperidine rings is 1. The number of halogens is 2. The first-order valence-corrected chi connectivity index (χ1v) is 9.59. The second-order valence-corrected chi connectivity index (χ2v) is 8.16. The summed E-state index contributed by atoms with van der Waals surface area (Å²) in [6, 6.07) is 3.99. The van der Waals surface area contributed by atoms with E-state index in [1.54, 1.807) is 0 Å². The number of nitrogens with zero attached hydrogens (tertiary/aromatic N) is 2. The summed E-state index contributed by atoms with van der Waals surface area (Å²) in [7, 11) is 0. The van der Waals surface area contributed by atoms with E-state index in [0.717, 1.165) is 31.4 Å². The standard InChI is InChI=1S/C18H21ClFN3OS/c1-11-5-12(2)8-23(7-11)9-14-10-25-18(21-14)22-17(24)15-4-3-13(19)6-16(15)20/h3-4,6,10-12H,5,7-9H2,1-2H3,(H,21,22,24)/t11-,12+. The van der Waals surface area contributed by atoms with Gasteiger partial charge in [-0.3, -0.25) is 15.0 Å². The van der Waals surface area contributed by atoms with Gasteiger partial charge in [0.25, 0.3) is 5.91 Å². The second-order valence-electron chi connectivity index (χ2n) is 6.86. The number of rotatable bonds is 4. The van der Waals surface area contributed by atoms with Crippen LogP contribution in [0.5, 0.6) is 0 Å². The first-order chi connectivity index (χ1) is 11.9. The van der Waals surface area contributed by atoms with E-state index in [2.05, 4.69) is 29.0 Å². The molecule has 0 spiro atoms. The van der Waals surface area contributed by atoms with Gasteiger partial charge in [0.1, 0.15) is 5.82 Å². The van der Waals surface area contributed by atoms with Crippen LogP contribution in [0, 0.1) is 17.7 Å². The summed E-state index contributed by atoms with van der Waals surface area (Å²) in [5, 5.41) is 5.34. The van der Waals surface area contributed by atoms with Crippen LogP contribution in [0.15, 0.2) is 23.6 Å². The summed E-state index contributed by atoms with van der Waals surface area (Å²) in [6.07, 6.45) is 1.27. The molecule has 134 valence electrons. The molecule has 2 heterocycles. The maximum atomic E-state index is 13.8. The van der Waals surface area contributed by atoms with Crippen molar-refractivity contribution < 1.29 is 9.18 Å². The Morgan fingerprint density at radius 1 is 1.40 bits per heavy atom. The van der Waals surface area contributed by atoms with Crippen molar-refractivity contribution >= 4 is 34.0 Å². The van der Waals surface area contributed by atoms with Crippen molar-refractivity contribution in [2.45, 2.75) is 26.8 Å². The topological polar surface area (TPSA) is 45.2 Å². The lowest BCUT2D eigenvalue weighted by Crippen LogP contribution is -2.38. The molecule has 7 heteroatoms. The van der Waals surface area contributed by atoms with E-state index in [0.29, 0.717) is 17.0 Å². The van der Waals surface area contributed by atoms with E-state index in [1.165, 1.54) is 29.9 Å². The molecule has 1 N–H and O–H groups in total. The van der Waals surface area contributed by atoms with Gasteiger partial charge in [-0.1, -0.05) is 25.4 Å². The average Bonchev–Trinajstić information content (AvgIpc) is 2.92. The molecule has 0 radical (unpaired) electrons. The van der Waals surface area contributed by atoms with E-state index in [9.17, 15) is 9.18 Å². The molecule has 0 unspecified atom stereocenters. The largest absolute Gasteiger partial charge is 0.298 e. The van der Waals surface area contributed by atoms with E-state index >= 15 is 0 Å². The molecule has 1 fully saturated rings. The Bertz CT molecular complexity index is 757. The van der Waals surface area contributed by atoms with Crippen molar-refractivity contribution in [3.05, 3.63) is 45.7 Å². The van der Waals surface area contributed by atoms with E-state index in [1.807, 2.05) is 5.38 Å². The predicted octanol–water partition coefficient (Wildman–Crippen LogP) is 4.67. The number of carbonyl (C=O) groups excluding carboxylic acids is 1. The molecule has 1 aromatic heterocycles. The summed E-state index contributed by atoms with van der Waals surface area (Å²) in [6.45, 7) is 7.46. The van der Waals surface area contributed by atoms with Gasteiger partial charge >= 0.3 is 0 Å². The van der Waals surface area contributed by atoms with Gasteiger partial charge in [-0.2, -0.15) is 0 Å². The number of aromatic nitrogens is 1. The maximum Gasteiger partial charge on any atom is 0.260 e. The number of benzene rings is 1. The van der Waals surface area contributed by atoms with Crippen LogP contribution >= 0.6 is 22.9 Å². The highest BCUT2D eigenvalue weighted by atomic mass is 35.5. The van der Waals surface area contributed by atoms with Crippen LogP contribution in [0.1, 0.15) is 36.3 Å². The maximum absolute atomic E-state index is 13.8. The monoisotopic (exact) mass is 381 g/mol. The van der Waals surface area contributed by atoms with Gasteiger partial charge in [-0.25, -0.2) is 9.37 Å². The van der Waals surface area contributed by atoms with Crippen LogP contribution in [0.4, 0.5) is 9.52 Å². The summed E-state index contributed by atoms with van der Waals surface area (Å²) in [4.78, 5) is 19.1. The molecular weight excluding hydrogens is 361 g/mol. The number of anilines is 1. The van der Waals surface area contributed by atoms with Crippen molar-refractivity contribution in [2.24, 2.45) is 11.8 Å². The number of thiazole rings is 1.